The third kappa shape index (κ3) is 6.38. The minimum absolute atomic E-state index is 0.317. The number of hydrogen-bond acceptors (Lipinski definition) is 5. The van der Waals surface area contributed by atoms with Crippen LogP contribution in [-0.4, -0.2) is 34.2 Å². The molecular formula is C34H33ClN2O4. The van der Waals surface area contributed by atoms with Crippen LogP contribution >= 0.6 is 11.6 Å². The molecule has 7 heteroatoms. The Morgan fingerprint density at radius 3 is 1.66 bits per heavy atom. The van der Waals surface area contributed by atoms with E-state index in [-0.39, 0.29) is 6.10 Å². The molecule has 0 bridgehead atoms. The van der Waals surface area contributed by atoms with Crippen molar-refractivity contribution in [1.29, 1.82) is 0 Å². The summed E-state index contributed by atoms with van der Waals surface area (Å²) < 4.78 is 28.5. The fourth-order valence-corrected chi connectivity index (χ4v) is 5.57. The van der Waals surface area contributed by atoms with Crippen molar-refractivity contribution in [3.05, 3.63) is 137 Å². The van der Waals surface area contributed by atoms with Gasteiger partial charge in [-0.1, -0.05) is 115 Å². The first-order valence-electron chi connectivity index (χ1n) is 13.9. The van der Waals surface area contributed by atoms with Crippen molar-refractivity contribution in [2.45, 2.75) is 57.4 Å². The minimum Gasteiger partial charge on any atom is -0.368 e. The summed E-state index contributed by atoms with van der Waals surface area (Å²) in [6.45, 7) is 3.23. The van der Waals surface area contributed by atoms with Crippen LogP contribution in [0.3, 0.4) is 0 Å². The van der Waals surface area contributed by atoms with Gasteiger partial charge in [-0.25, -0.2) is 4.68 Å². The number of para-hydroxylation sites is 1. The molecule has 1 aliphatic heterocycles. The molecule has 0 aliphatic carbocycles. The number of fused-ring (bicyclic) bond motifs is 1. The Bertz CT molecular complexity index is 1530. The molecule has 0 saturated carbocycles. The van der Waals surface area contributed by atoms with E-state index in [2.05, 4.69) is 24.3 Å². The fraction of sp³-hybridized carbons (Fsp3) is 0.265. The molecule has 0 unspecified atom stereocenters. The van der Waals surface area contributed by atoms with E-state index < -0.39 is 24.5 Å². The summed E-state index contributed by atoms with van der Waals surface area (Å²) in [5, 5.41) is 5.98. The highest BCUT2D eigenvalue weighted by atomic mass is 35.5. The van der Waals surface area contributed by atoms with Crippen LogP contribution in [0.1, 0.15) is 29.8 Å². The van der Waals surface area contributed by atoms with E-state index in [1.165, 1.54) is 0 Å². The van der Waals surface area contributed by atoms with Gasteiger partial charge in [-0.3, -0.25) is 0 Å². The van der Waals surface area contributed by atoms with Gasteiger partial charge in [-0.15, -0.1) is 0 Å². The predicted molar refractivity (Wildman–Crippen MR) is 159 cm³/mol. The number of aromatic nitrogens is 2. The maximum absolute atomic E-state index is 6.71. The summed E-state index contributed by atoms with van der Waals surface area (Å²) >= 11 is 6.59. The maximum Gasteiger partial charge on any atom is 0.179 e. The standard InChI is InChI=1S/C34H33ClN2O4/c1-24-30(38-21-25-13-5-2-6-14-25)31(39-22-26-15-7-3-8-16-26)32(40-23-27-17-9-4-10-18-27)34(41-24)37-29-20-12-11-19-28(29)33(35)36-37/h2-20,24,30-32,34H,21-23H2,1H3/t24-,30-,31+,32+,34+/m0/s1. The quantitative estimate of drug-likeness (QED) is 0.176. The zero-order valence-corrected chi connectivity index (χ0v) is 23.6. The lowest BCUT2D eigenvalue weighted by atomic mass is 9.97. The van der Waals surface area contributed by atoms with Gasteiger partial charge in [0.15, 0.2) is 11.4 Å². The number of nitrogens with zero attached hydrogens (tertiary/aromatic N) is 2. The largest absolute Gasteiger partial charge is 0.368 e. The van der Waals surface area contributed by atoms with Gasteiger partial charge in [0.05, 0.1) is 31.4 Å². The summed E-state index contributed by atoms with van der Waals surface area (Å²) in [6.07, 6.45) is -2.31. The zero-order valence-electron chi connectivity index (χ0n) is 22.9. The molecule has 6 nitrogen and oxygen atoms in total. The topological polar surface area (TPSA) is 54.7 Å². The van der Waals surface area contributed by atoms with Crippen LogP contribution in [-0.2, 0) is 38.8 Å². The monoisotopic (exact) mass is 568 g/mol. The van der Waals surface area contributed by atoms with Crippen molar-refractivity contribution in [1.82, 2.24) is 9.78 Å². The second-order valence-corrected chi connectivity index (χ2v) is 10.6. The number of ether oxygens (including phenoxy) is 4. The lowest BCUT2D eigenvalue weighted by Crippen LogP contribution is -2.57. The minimum atomic E-state index is -0.594. The summed E-state index contributed by atoms with van der Waals surface area (Å²) in [7, 11) is 0. The summed E-state index contributed by atoms with van der Waals surface area (Å²) in [5.41, 5.74) is 4.07. The SMILES string of the molecule is C[C@@H]1O[C@@H](n2nc(Cl)c3ccccc32)[C@H](OCc2ccccc2)[C@H](OCc2ccccc2)[C@H]1OCc1ccccc1. The fourth-order valence-electron chi connectivity index (χ4n) is 5.33. The van der Waals surface area contributed by atoms with Crippen LogP contribution in [0, 0.1) is 0 Å². The Morgan fingerprint density at radius 1 is 0.634 bits per heavy atom. The van der Waals surface area contributed by atoms with Gasteiger partial charge in [0, 0.05) is 5.39 Å². The van der Waals surface area contributed by atoms with Crippen LogP contribution in [0.2, 0.25) is 5.15 Å². The number of benzene rings is 4. The number of hydrogen-bond donors (Lipinski definition) is 0. The first-order chi connectivity index (χ1) is 20.2. The van der Waals surface area contributed by atoms with E-state index in [1.807, 2.05) is 103 Å². The van der Waals surface area contributed by atoms with Crippen molar-refractivity contribution in [2.75, 3.05) is 0 Å². The number of halogens is 1. The molecule has 210 valence electrons. The van der Waals surface area contributed by atoms with E-state index in [1.54, 1.807) is 0 Å². The molecule has 1 aliphatic rings. The molecule has 1 saturated heterocycles. The average Bonchev–Trinajstić information content (AvgIpc) is 3.36. The van der Waals surface area contributed by atoms with Crippen LogP contribution < -0.4 is 0 Å². The van der Waals surface area contributed by atoms with Crippen molar-refractivity contribution < 1.29 is 18.9 Å². The summed E-state index contributed by atoms with van der Waals surface area (Å²) in [6, 6.07) is 38.2. The first-order valence-corrected chi connectivity index (χ1v) is 14.3. The first kappa shape index (κ1) is 27.6. The molecule has 5 atom stereocenters. The lowest BCUT2D eigenvalue weighted by molar-refractivity contribution is -0.280. The van der Waals surface area contributed by atoms with Gasteiger partial charge in [0.25, 0.3) is 0 Å². The van der Waals surface area contributed by atoms with E-state index in [4.69, 9.17) is 35.6 Å². The van der Waals surface area contributed by atoms with Gasteiger partial charge in [0.1, 0.15) is 18.3 Å². The van der Waals surface area contributed by atoms with Gasteiger partial charge in [-0.05, 0) is 35.7 Å². The van der Waals surface area contributed by atoms with E-state index in [0.29, 0.717) is 25.0 Å². The van der Waals surface area contributed by atoms with Crippen LogP contribution in [0.25, 0.3) is 10.9 Å². The van der Waals surface area contributed by atoms with Crippen LogP contribution in [0.5, 0.6) is 0 Å². The Kier molecular flexibility index (Phi) is 8.75. The Balaban J connectivity index is 1.36. The molecule has 4 aromatic carbocycles. The molecule has 0 N–H and O–H groups in total. The van der Waals surface area contributed by atoms with Crippen molar-refractivity contribution in [3.63, 3.8) is 0 Å². The van der Waals surface area contributed by atoms with Gasteiger partial charge in [-0.2, -0.15) is 5.10 Å². The smallest absolute Gasteiger partial charge is 0.179 e. The Morgan fingerprint density at radius 2 is 1.10 bits per heavy atom. The predicted octanol–water partition coefficient (Wildman–Crippen LogP) is 7.36. The highest BCUT2D eigenvalue weighted by molar-refractivity contribution is 6.34. The van der Waals surface area contributed by atoms with Crippen molar-refractivity contribution in [3.8, 4) is 0 Å². The molecule has 2 heterocycles. The van der Waals surface area contributed by atoms with Crippen LogP contribution in [0.15, 0.2) is 115 Å². The van der Waals surface area contributed by atoms with Gasteiger partial charge in [0.2, 0.25) is 0 Å². The van der Waals surface area contributed by atoms with Crippen molar-refractivity contribution in [2.24, 2.45) is 0 Å². The van der Waals surface area contributed by atoms with E-state index >= 15 is 0 Å². The average molecular weight is 569 g/mol. The molecule has 1 aromatic heterocycles. The maximum atomic E-state index is 6.71. The molecule has 1 fully saturated rings. The van der Waals surface area contributed by atoms with Crippen molar-refractivity contribution >= 4 is 22.5 Å². The molecule has 6 rings (SSSR count). The molecule has 0 amide bonds. The normalized spacial score (nSPS) is 22.6. The third-order valence-electron chi connectivity index (χ3n) is 7.41. The molecule has 0 radical (unpaired) electrons. The van der Waals surface area contributed by atoms with Crippen LogP contribution in [0.4, 0.5) is 0 Å². The highest BCUT2D eigenvalue weighted by Gasteiger charge is 2.48. The third-order valence-corrected chi connectivity index (χ3v) is 7.69. The summed E-state index contributed by atoms with van der Waals surface area (Å²) in [5.74, 6) is 0. The second-order valence-electron chi connectivity index (χ2n) is 10.3. The molecule has 41 heavy (non-hydrogen) atoms. The molecular weight excluding hydrogens is 536 g/mol. The Hall–Kier alpha value is -3.52. The van der Waals surface area contributed by atoms with E-state index in [0.717, 1.165) is 27.6 Å². The zero-order chi connectivity index (χ0) is 28.0. The highest BCUT2D eigenvalue weighted by Crippen LogP contribution is 2.37. The molecule has 0 spiro atoms. The van der Waals surface area contributed by atoms with Gasteiger partial charge >= 0.3 is 0 Å². The molecule has 5 aromatic rings. The Labute approximate surface area is 245 Å². The van der Waals surface area contributed by atoms with Gasteiger partial charge < -0.3 is 18.9 Å². The summed E-state index contributed by atoms with van der Waals surface area (Å²) in [4.78, 5) is 0. The number of rotatable bonds is 10. The van der Waals surface area contributed by atoms with E-state index in [9.17, 15) is 0 Å². The lowest BCUT2D eigenvalue weighted by Gasteiger charge is -2.45. The second kappa shape index (κ2) is 13.0.